The summed E-state index contributed by atoms with van der Waals surface area (Å²) in [7, 11) is 0. The Labute approximate surface area is 76.9 Å². The molecular weight excluding hydrogens is 172 g/mol. The molecule has 12 heavy (non-hydrogen) atoms. The SMILES string of the molecule is O=C(C1CSC1)N1CCNCC1. The lowest BCUT2D eigenvalue weighted by Crippen LogP contribution is -2.50. The summed E-state index contributed by atoms with van der Waals surface area (Å²) < 4.78 is 0. The van der Waals surface area contributed by atoms with Crippen LogP contribution in [0.1, 0.15) is 0 Å². The third kappa shape index (κ3) is 1.59. The zero-order valence-electron chi connectivity index (χ0n) is 7.08. The fourth-order valence-corrected chi connectivity index (χ4v) is 2.28. The van der Waals surface area contributed by atoms with Crippen molar-refractivity contribution in [1.82, 2.24) is 10.2 Å². The Morgan fingerprint density at radius 3 is 2.50 bits per heavy atom. The summed E-state index contributed by atoms with van der Waals surface area (Å²) in [5, 5.41) is 3.25. The first-order valence-electron chi connectivity index (χ1n) is 4.45. The van der Waals surface area contributed by atoms with Crippen molar-refractivity contribution in [3.63, 3.8) is 0 Å². The highest BCUT2D eigenvalue weighted by molar-refractivity contribution is 8.00. The Morgan fingerprint density at radius 1 is 1.33 bits per heavy atom. The quantitative estimate of drug-likeness (QED) is 0.614. The van der Waals surface area contributed by atoms with Crippen molar-refractivity contribution in [3.8, 4) is 0 Å². The van der Waals surface area contributed by atoms with Gasteiger partial charge in [-0.1, -0.05) is 0 Å². The third-order valence-corrected chi connectivity index (χ3v) is 3.69. The molecule has 1 amide bonds. The number of amides is 1. The van der Waals surface area contributed by atoms with Crippen molar-refractivity contribution >= 4 is 17.7 Å². The summed E-state index contributed by atoms with van der Waals surface area (Å²) in [4.78, 5) is 13.7. The first kappa shape index (κ1) is 8.38. The molecule has 2 saturated heterocycles. The number of carbonyl (C=O) groups excluding carboxylic acids is 1. The van der Waals surface area contributed by atoms with Gasteiger partial charge < -0.3 is 10.2 Å². The molecule has 1 N–H and O–H groups in total. The molecule has 0 bridgehead atoms. The van der Waals surface area contributed by atoms with Gasteiger partial charge in [-0.15, -0.1) is 0 Å². The van der Waals surface area contributed by atoms with E-state index in [1.807, 2.05) is 16.7 Å². The summed E-state index contributed by atoms with van der Waals surface area (Å²) in [6.07, 6.45) is 0. The molecule has 0 spiro atoms. The summed E-state index contributed by atoms with van der Waals surface area (Å²) >= 11 is 1.87. The molecule has 0 aromatic heterocycles. The Kier molecular flexibility index (Phi) is 2.56. The van der Waals surface area contributed by atoms with E-state index in [0.29, 0.717) is 11.8 Å². The van der Waals surface area contributed by atoms with Crippen LogP contribution < -0.4 is 5.32 Å². The number of carbonyl (C=O) groups is 1. The number of thioether (sulfide) groups is 1. The molecule has 2 heterocycles. The van der Waals surface area contributed by atoms with Crippen molar-refractivity contribution in [2.24, 2.45) is 5.92 Å². The van der Waals surface area contributed by atoms with Gasteiger partial charge in [0.2, 0.25) is 5.91 Å². The molecule has 0 atom stereocenters. The fourth-order valence-electron chi connectivity index (χ4n) is 1.52. The van der Waals surface area contributed by atoms with Gasteiger partial charge in [-0.3, -0.25) is 4.79 Å². The molecule has 2 aliphatic rings. The maximum absolute atomic E-state index is 11.7. The van der Waals surface area contributed by atoms with E-state index in [4.69, 9.17) is 0 Å². The van der Waals surface area contributed by atoms with Gasteiger partial charge in [0.25, 0.3) is 0 Å². The largest absolute Gasteiger partial charge is 0.340 e. The maximum atomic E-state index is 11.7. The molecule has 0 aromatic rings. The van der Waals surface area contributed by atoms with Gasteiger partial charge in [-0.2, -0.15) is 11.8 Å². The van der Waals surface area contributed by atoms with E-state index in [-0.39, 0.29) is 0 Å². The smallest absolute Gasteiger partial charge is 0.227 e. The lowest BCUT2D eigenvalue weighted by molar-refractivity contribution is -0.135. The molecule has 4 heteroatoms. The van der Waals surface area contributed by atoms with E-state index in [0.717, 1.165) is 37.7 Å². The monoisotopic (exact) mass is 186 g/mol. The predicted molar refractivity (Wildman–Crippen MR) is 50.3 cm³/mol. The van der Waals surface area contributed by atoms with Gasteiger partial charge in [0.05, 0.1) is 5.92 Å². The number of hydrogen-bond donors (Lipinski definition) is 1. The lowest BCUT2D eigenvalue weighted by Gasteiger charge is -2.33. The summed E-state index contributed by atoms with van der Waals surface area (Å²) in [6.45, 7) is 3.73. The Bertz CT molecular complexity index is 176. The lowest BCUT2D eigenvalue weighted by atomic mass is 10.1. The van der Waals surface area contributed by atoms with Crippen LogP contribution >= 0.6 is 11.8 Å². The van der Waals surface area contributed by atoms with Gasteiger partial charge in [0.1, 0.15) is 0 Å². The van der Waals surface area contributed by atoms with Crippen LogP contribution in [0.3, 0.4) is 0 Å². The molecule has 2 fully saturated rings. The van der Waals surface area contributed by atoms with Crippen LogP contribution in [0.25, 0.3) is 0 Å². The second-order valence-electron chi connectivity index (χ2n) is 3.31. The average Bonchev–Trinajstić information content (AvgIpc) is 2.03. The number of piperazine rings is 1. The van der Waals surface area contributed by atoms with Crippen molar-refractivity contribution in [3.05, 3.63) is 0 Å². The van der Waals surface area contributed by atoms with Crippen molar-refractivity contribution in [2.45, 2.75) is 0 Å². The molecular formula is C8H14N2OS. The molecule has 2 aliphatic heterocycles. The van der Waals surface area contributed by atoms with Gasteiger partial charge in [-0.05, 0) is 0 Å². The van der Waals surface area contributed by atoms with Crippen molar-refractivity contribution in [1.29, 1.82) is 0 Å². The zero-order valence-corrected chi connectivity index (χ0v) is 7.90. The van der Waals surface area contributed by atoms with Crippen LogP contribution in [0.15, 0.2) is 0 Å². The molecule has 0 unspecified atom stereocenters. The number of nitrogens with zero attached hydrogens (tertiary/aromatic N) is 1. The second-order valence-corrected chi connectivity index (χ2v) is 4.38. The average molecular weight is 186 g/mol. The Morgan fingerprint density at radius 2 is 2.00 bits per heavy atom. The van der Waals surface area contributed by atoms with Crippen molar-refractivity contribution in [2.75, 3.05) is 37.7 Å². The number of rotatable bonds is 1. The zero-order chi connectivity index (χ0) is 8.39. The van der Waals surface area contributed by atoms with Crippen LogP contribution in [-0.4, -0.2) is 48.5 Å². The first-order valence-corrected chi connectivity index (χ1v) is 5.60. The molecule has 0 aromatic carbocycles. The molecule has 0 aliphatic carbocycles. The van der Waals surface area contributed by atoms with Gasteiger partial charge >= 0.3 is 0 Å². The molecule has 0 saturated carbocycles. The first-order chi connectivity index (χ1) is 5.88. The third-order valence-electron chi connectivity index (χ3n) is 2.42. The minimum absolute atomic E-state index is 0.341. The van der Waals surface area contributed by atoms with Crippen LogP contribution in [0.4, 0.5) is 0 Å². The van der Waals surface area contributed by atoms with Crippen LogP contribution in [0.5, 0.6) is 0 Å². The van der Waals surface area contributed by atoms with Crippen LogP contribution in [0.2, 0.25) is 0 Å². The number of nitrogens with one attached hydrogen (secondary N) is 1. The minimum Gasteiger partial charge on any atom is -0.340 e. The predicted octanol–water partition coefficient (Wildman–Crippen LogP) is -0.219. The van der Waals surface area contributed by atoms with E-state index in [9.17, 15) is 4.79 Å². The van der Waals surface area contributed by atoms with E-state index in [1.54, 1.807) is 0 Å². The normalized spacial score (nSPS) is 25.2. The highest BCUT2D eigenvalue weighted by atomic mass is 32.2. The molecule has 0 radical (unpaired) electrons. The van der Waals surface area contributed by atoms with E-state index >= 15 is 0 Å². The molecule has 3 nitrogen and oxygen atoms in total. The summed E-state index contributed by atoms with van der Waals surface area (Å²) in [5.74, 6) is 2.81. The highest BCUT2D eigenvalue weighted by Crippen LogP contribution is 2.26. The molecule has 2 rings (SSSR count). The number of hydrogen-bond acceptors (Lipinski definition) is 3. The Hall–Kier alpha value is -0.220. The van der Waals surface area contributed by atoms with Crippen LogP contribution in [0, 0.1) is 5.92 Å². The van der Waals surface area contributed by atoms with E-state index in [2.05, 4.69) is 5.32 Å². The van der Waals surface area contributed by atoms with Gasteiger partial charge in [0.15, 0.2) is 0 Å². The second kappa shape index (κ2) is 3.66. The Balaban J connectivity index is 1.84. The fraction of sp³-hybridized carbons (Fsp3) is 0.875. The minimum atomic E-state index is 0.341. The maximum Gasteiger partial charge on any atom is 0.227 e. The van der Waals surface area contributed by atoms with Crippen molar-refractivity contribution < 1.29 is 4.79 Å². The summed E-state index contributed by atoms with van der Waals surface area (Å²) in [5.41, 5.74) is 0. The topological polar surface area (TPSA) is 32.3 Å². The van der Waals surface area contributed by atoms with Gasteiger partial charge in [-0.25, -0.2) is 0 Å². The molecule has 68 valence electrons. The standard InChI is InChI=1S/C8H14N2OS/c11-8(7-5-12-6-7)10-3-1-9-2-4-10/h7,9H,1-6H2. The summed E-state index contributed by atoms with van der Waals surface area (Å²) in [6, 6.07) is 0. The van der Waals surface area contributed by atoms with Gasteiger partial charge in [0, 0.05) is 37.7 Å². The highest BCUT2D eigenvalue weighted by Gasteiger charge is 2.30. The van der Waals surface area contributed by atoms with Crippen LogP contribution in [-0.2, 0) is 4.79 Å². The van der Waals surface area contributed by atoms with E-state index < -0.39 is 0 Å². The van der Waals surface area contributed by atoms with E-state index in [1.165, 1.54) is 0 Å².